The monoisotopic (exact) mass is 334 g/mol. The van der Waals surface area contributed by atoms with E-state index in [1.807, 2.05) is 24.3 Å². The molecule has 2 aliphatic rings. The quantitative estimate of drug-likeness (QED) is 0.808. The standard InChI is InChI=1S/C17H22N2O3S/c20-17(13-14-5-1-2-6-14)18-10-12-23(21,22)19-11-9-15-7-3-4-8-16(15)19/h1,3-5,7-8,14H,2,6,9-13H2,(H,18,20). The molecule has 1 N–H and O–H groups in total. The first-order valence-electron chi connectivity index (χ1n) is 8.08. The molecule has 3 rings (SSSR count). The average Bonchev–Trinajstić information content (AvgIpc) is 3.16. The van der Waals surface area contributed by atoms with Crippen molar-refractivity contribution in [3.63, 3.8) is 0 Å². The summed E-state index contributed by atoms with van der Waals surface area (Å²) in [5.74, 6) is 0.170. The minimum atomic E-state index is -3.39. The predicted octanol–water partition coefficient (Wildman–Crippen LogP) is 1.85. The van der Waals surface area contributed by atoms with Gasteiger partial charge in [0.1, 0.15) is 0 Å². The molecule has 1 aliphatic carbocycles. The smallest absolute Gasteiger partial charge is 0.236 e. The molecule has 0 spiro atoms. The number of anilines is 1. The highest BCUT2D eigenvalue weighted by Crippen LogP contribution is 2.29. The molecule has 1 aromatic rings. The van der Waals surface area contributed by atoms with Crippen molar-refractivity contribution in [3.05, 3.63) is 42.0 Å². The zero-order valence-corrected chi connectivity index (χ0v) is 13.9. The normalized spacial score (nSPS) is 19.8. The number of allylic oxidation sites excluding steroid dienone is 2. The predicted molar refractivity (Wildman–Crippen MR) is 90.8 cm³/mol. The zero-order chi connectivity index (χ0) is 16.3. The number of fused-ring (bicyclic) bond motifs is 1. The Kier molecular flexibility index (Phi) is 4.71. The van der Waals surface area contributed by atoms with Crippen LogP contribution in [0.2, 0.25) is 0 Å². The first kappa shape index (κ1) is 16.1. The maximum Gasteiger partial charge on any atom is 0.236 e. The van der Waals surface area contributed by atoms with Crippen LogP contribution in [0.3, 0.4) is 0 Å². The van der Waals surface area contributed by atoms with Gasteiger partial charge in [-0.3, -0.25) is 9.10 Å². The summed E-state index contributed by atoms with van der Waals surface area (Å²) in [6.45, 7) is 0.652. The van der Waals surface area contributed by atoms with E-state index in [1.54, 1.807) is 0 Å². The van der Waals surface area contributed by atoms with Crippen LogP contribution in [0, 0.1) is 5.92 Å². The molecule has 5 nitrogen and oxygen atoms in total. The number of nitrogens with one attached hydrogen (secondary N) is 1. The molecule has 0 saturated heterocycles. The number of para-hydroxylation sites is 1. The number of amides is 1. The Labute approximate surface area is 137 Å². The molecule has 0 fully saturated rings. The highest BCUT2D eigenvalue weighted by molar-refractivity contribution is 7.92. The fraction of sp³-hybridized carbons (Fsp3) is 0.471. The summed E-state index contributed by atoms with van der Waals surface area (Å²) < 4.78 is 26.4. The number of carbonyl (C=O) groups excluding carboxylic acids is 1. The summed E-state index contributed by atoms with van der Waals surface area (Å²) in [5.41, 5.74) is 1.84. The topological polar surface area (TPSA) is 66.5 Å². The van der Waals surface area contributed by atoms with Gasteiger partial charge in [-0.05, 0) is 36.8 Å². The summed E-state index contributed by atoms with van der Waals surface area (Å²) in [7, 11) is -3.39. The summed E-state index contributed by atoms with van der Waals surface area (Å²) in [6.07, 6.45) is 7.39. The van der Waals surface area contributed by atoms with Crippen LogP contribution in [0.1, 0.15) is 24.8 Å². The second-order valence-corrected chi connectivity index (χ2v) is 8.10. The van der Waals surface area contributed by atoms with E-state index in [4.69, 9.17) is 0 Å². The third-order valence-electron chi connectivity index (χ3n) is 4.42. The van der Waals surface area contributed by atoms with Crippen molar-refractivity contribution < 1.29 is 13.2 Å². The van der Waals surface area contributed by atoms with Gasteiger partial charge in [0.05, 0.1) is 11.4 Å². The van der Waals surface area contributed by atoms with Crippen LogP contribution in [0.15, 0.2) is 36.4 Å². The summed E-state index contributed by atoms with van der Waals surface area (Å²) in [4.78, 5) is 11.9. The van der Waals surface area contributed by atoms with Gasteiger partial charge in [-0.15, -0.1) is 0 Å². The van der Waals surface area contributed by atoms with E-state index in [1.165, 1.54) is 4.31 Å². The van der Waals surface area contributed by atoms with Crippen molar-refractivity contribution in [2.45, 2.75) is 25.7 Å². The van der Waals surface area contributed by atoms with Gasteiger partial charge < -0.3 is 5.32 Å². The van der Waals surface area contributed by atoms with Crippen LogP contribution in [0.4, 0.5) is 5.69 Å². The van der Waals surface area contributed by atoms with Gasteiger partial charge >= 0.3 is 0 Å². The Morgan fingerprint density at radius 3 is 2.91 bits per heavy atom. The molecule has 1 atom stereocenters. The number of carbonyl (C=O) groups is 1. The van der Waals surface area contributed by atoms with Gasteiger partial charge in [0.25, 0.3) is 0 Å². The molecule has 1 heterocycles. The highest BCUT2D eigenvalue weighted by atomic mass is 32.2. The lowest BCUT2D eigenvalue weighted by atomic mass is 10.1. The molecule has 1 aliphatic heterocycles. The van der Waals surface area contributed by atoms with Crippen LogP contribution in [-0.4, -0.2) is 33.2 Å². The van der Waals surface area contributed by atoms with E-state index >= 15 is 0 Å². The lowest BCUT2D eigenvalue weighted by Gasteiger charge is -2.19. The molecular formula is C17H22N2O3S. The van der Waals surface area contributed by atoms with E-state index in [2.05, 4.69) is 17.5 Å². The molecule has 6 heteroatoms. The second kappa shape index (κ2) is 6.74. The Balaban J connectivity index is 1.51. The summed E-state index contributed by atoms with van der Waals surface area (Å²) >= 11 is 0. The van der Waals surface area contributed by atoms with Gasteiger partial charge in [-0.25, -0.2) is 8.42 Å². The van der Waals surface area contributed by atoms with Gasteiger partial charge in [0, 0.05) is 19.5 Å². The van der Waals surface area contributed by atoms with E-state index in [0.717, 1.165) is 30.5 Å². The van der Waals surface area contributed by atoms with Crippen LogP contribution < -0.4 is 9.62 Å². The van der Waals surface area contributed by atoms with Crippen molar-refractivity contribution in [2.75, 3.05) is 23.1 Å². The molecule has 0 aromatic heterocycles. The van der Waals surface area contributed by atoms with E-state index in [0.29, 0.717) is 18.9 Å². The minimum absolute atomic E-state index is 0.0619. The molecule has 0 saturated carbocycles. The van der Waals surface area contributed by atoms with Crippen molar-refractivity contribution in [1.82, 2.24) is 5.32 Å². The van der Waals surface area contributed by atoms with Crippen LogP contribution >= 0.6 is 0 Å². The third-order valence-corrected chi connectivity index (χ3v) is 6.19. The van der Waals surface area contributed by atoms with Crippen LogP contribution in [0.25, 0.3) is 0 Å². The minimum Gasteiger partial charge on any atom is -0.355 e. The molecule has 1 aromatic carbocycles. The van der Waals surface area contributed by atoms with Crippen molar-refractivity contribution >= 4 is 21.6 Å². The Bertz CT molecular complexity index is 712. The lowest BCUT2D eigenvalue weighted by Crippen LogP contribution is -2.37. The van der Waals surface area contributed by atoms with E-state index < -0.39 is 10.0 Å². The largest absolute Gasteiger partial charge is 0.355 e. The number of rotatable bonds is 6. The van der Waals surface area contributed by atoms with E-state index in [-0.39, 0.29) is 18.2 Å². The van der Waals surface area contributed by atoms with Gasteiger partial charge in [0.15, 0.2) is 0 Å². The second-order valence-electron chi connectivity index (χ2n) is 6.09. The lowest BCUT2D eigenvalue weighted by molar-refractivity contribution is -0.121. The SMILES string of the molecule is O=C(CC1C=CCC1)NCCS(=O)(=O)N1CCc2ccccc21. The molecule has 1 amide bonds. The number of sulfonamides is 1. The maximum absolute atomic E-state index is 12.5. The summed E-state index contributed by atoms with van der Waals surface area (Å²) in [5, 5.41) is 2.73. The number of benzene rings is 1. The number of hydrogen-bond donors (Lipinski definition) is 1. The molecule has 23 heavy (non-hydrogen) atoms. The van der Waals surface area contributed by atoms with Crippen LogP contribution in [-0.2, 0) is 21.2 Å². The summed E-state index contributed by atoms with van der Waals surface area (Å²) in [6, 6.07) is 7.57. The van der Waals surface area contributed by atoms with Crippen molar-refractivity contribution in [3.8, 4) is 0 Å². The van der Waals surface area contributed by atoms with Gasteiger partial charge in [-0.2, -0.15) is 0 Å². The number of hydrogen-bond acceptors (Lipinski definition) is 3. The molecule has 0 radical (unpaired) electrons. The van der Waals surface area contributed by atoms with Gasteiger partial charge in [-0.1, -0.05) is 30.4 Å². The average molecular weight is 334 g/mol. The Hall–Kier alpha value is -1.82. The fourth-order valence-corrected chi connectivity index (χ4v) is 4.63. The van der Waals surface area contributed by atoms with Crippen molar-refractivity contribution in [1.29, 1.82) is 0 Å². The molecule has 0 bridgehead atoms. The van der Waals surface area contributed by atoms with Gasteiger partial charge in [0.2, 0.25) is 15.9 Å². The molecular weight excluding hydrogens is 312 g/mol. The third kappa shape index (κ3) is 3.75. The molecule has 124 valence electrons. The first-order chi connectivity index (χ1) is 11.1. The molecule has 1 unspecified atom stereocenters. The maximum atomic E-state index is 12.5. The zero-order valence-electron chi connectivity index (χ0n) is 13.1. The van der Waals surface area contributed by atoms with Crippen molar-refractivity contribution in [2.24, 2.45) is 5.92 Å². The Morgan fingerprint density at radius 2 is 2.13 bits per heavy atom. The first-order valence-corrected chi connectivity index (χ1v) is 9.69. The van der Waals surface area contributed by atoms with E-state index in [9.17, 15) is 13.2 Å². The highest BCUT2D eigenvalue weighted by Gasteiger charge is 2.28. The van der Waals surface area contributed by atoms with Crippen LogP contribution in [0.5, 0.6) is 0 Å². The fourth-order valence-electron chi connectivity index (χ4n) is 3.20. The Morgan fingerprint density at radius 1 is 1.30 bits per heavy atom. The number of nitrogens with zero attached hydrogens (tertiary/aromatic N) is 1.